The molecular formula is C48H33N3O. The van der Waals surface area contributed by atoms with E-state index in [9.17, 15) is 0 Å². The van der Waals surface area contributed by atoms with Crippen LogP contribution in [-0.2, 0) is 0 Å². The minimum absolute atomic E-state index is 0.862. The van der Waals surface area contributed by atoms with Gasteiger partial charge in [0.2, 0.25) is 0 Å². The van der Waals surface area contributed by atoms with E-state index < -0.39 is 0 Å². The molecule has 0 N–H and O–H groups in total. The Kier molecular flexibility index (Phi) is 7.10. The van der Waals surface area contributed by atoms with Gasteiger partial charge in [-0.3, -0.25) is 0 Å². The summed E-state index contributed by atoms with van der Waals surface area (Å²) in [5, 5.41) is 4.57. The first-order chi connectivity index (χ1) is 25.8. The highest BCUT2D eigenvalue weighted by molar-refractivity contribution is 6.26. The van der Waals surface area contributed by atoms with Gasteiger partial charge in [0.1, 0.15) is 11.2 Å². The number of para-hydroxylation sites is 5. The minimum atomic E-state index is 0.862. The van der Waals surface area contributed by atoms with Gasteiger partial charge in [-0.25, -0.2) is 0 Å². The van der Waals surface area contributed by atoms with Gasteiger partial charge >= 0.3 is 0 Å². The third-order valence-electron chi connectivity index (χ3n) is 9.90. The van der Waals surface area contributed by atoms with Crippen LogP contribution in [0.5, 0.6) is 0 Å². The third-order valence-corrected chi connectivity index (χ3v) is 9.90. The first kappa shape index (κ1) is 29.8. The van der Waals surface area contributed by atoms with Gasteiger partial charge in [-0.15, -0.1) is 0 Å². The van der Waals surface area contributed by atoms with Crippen LogP contribution >= 0.6 is 0 Å². The summed E-state index contributed by atoms with van der Waals surface area (Å²) in [5.41, 5.74) is 11.4. The predicted octanol–water partition coefficient (Wildman–Crippen LogP) is 13.6. The number of benzene rings is 8. The van der Waals surface area contributed by atoms with Crippen molar-refractivity contribution in [3.8, 4) is 5.69 Å². The number of anilines is 6. The SMILES string of the molecule is c1ccc(N(c2ccccc2)c2cc(N(c3ccccc3)c3ccccc3)cc(-n3c4cccc5oc6ccccc6c6cccc3c6c54)c2)cc1. The van der Waals surface area contributed by atoms with Crippen molar-refractivity contribution < 1.29 is 4.42 Å². The minimum Gasteiger partial charge on any atom is -0.456 e. The summed E-state index contributed by atoms with van der Waals surface area (Å²) < 4.78 is 9.10. The van der Waals surface area contributed by atoms with Gasteiger partial charge in [0.25, 0.3) is 0 Å². The van der Waals surface area contributed by atoms with E-state index >= 15 is 0 Å². The molecule has 246 valence electrons. The van der Waals surface area contributed by atoms with Crippen molar-refractivity contribution in [1.82, 2.24) is 4.57 Å². The average molecular weight is 668 g/mol. The molecule has 0 fully saturated rings. The second-order valence-corrected chi connectivity index (χ2v) is 13.0. The molecule has 0 radical (unpaired) electrons. The maximum absolute atomic E-state index is 6.70. The van der Waals surface area contributed by atoms with Gasteiger partial charge in [0, 0.05) is 33.5 Å². The Morgan fingerprint density at radius 2 is 0.750 bits per heavy atom. The molecule has 0 aliphatic heterocycles. The van der Waals surface area contributed by atoms with E-state index in [2.05, 4.69) is 208 Å². The zero-order chi connectivity index (χ0) is 34.4. The Morgan fingerprint density at radius 3 is 1.29 bits per heavy atom. The zero-order valence-corrected chi connectivity index (χ0v) is 28.3. The number of aromatic nitrogens is 1. The molecule has 2 aromatic heterocycles. The Labute approximate surface area is 301 Å². The van der Waals surface area contributed by atoms with Crippen molar-refractivity contribution in [2.24, 2.45) is 0 Å². The monoisotopic (exact) mass is 667 g/mol. The van der Waals surface area contributed by atoms with E-state index in [1.165, 1.54) is 10.8 Å². The zero-order valence-electron chi connectivity index (χ0n) is 28.3. The number of rotatable bonds is 7. The molecule has 0 saturated heterocycles. The van der Waals surface area contributed by atoms with Gasteiger partial charge < -0.3 is 18.8 Å². The fourth-order valence-corrected chi connectivity index (χ4v) is 7.73. The normalized spacial score (nSPS) is 11.5. The summed E-state index contributed by atoms with van der Waals surface area (Å²) in [4.78, 5) is 4.68. The highest BCUT2D eigenvalue weighted by Gasteiger charge is 2.23. The molecular weight excluding hydrogens is 635 g/mol. The molecule has 0 bridgehead atoms. The first-order valence-electron chi connectivity index (χ1n) is 17.6. The second-order valence-electron chi connectivity index (χ2n) is 13.0. The molecule has 4 nitrogen and oxygen atoms in total. The maximum atomic E-state index is 6.70. The lowest BCUT2D eigenvalue weighted by atomic mass is 10.1. The van der Waals surface area contributed by atoms with E-state index in [0.717, 1.165) is 72.8 Å². The Bertz CT molecular complexity index is 2660. The van der Waals surface area contributed by atoms with Crippen LogP contribution in [0.4, 0.5) is 34.1 Å². The van der Waals surface area contributed by atoms with Crippen molar-refractivity contribution >= 4 is 77.9 Å². The van der Waals surface area contributed by atoms with Crippen molar-refractivity contribution in [2.75, 3.05) is 9.80 Å². The lowest BCUT2D eigenvalue weighted by molar-refractivity contribution is 0.664. The van der Waals surface area contributed by atoms with Crippen LogP contribution < -0.4 is 9.80 Å². The van der Waals surface area contributed by atoms with Gasteiger partial charge in [0.15, 0.2) is 0 Å². The summed E-state index contributed by atoms with van der Waals surface area (Å²) in [6, 6.07) is 70.8. The molecule has 0 spiro atoms. The highest BCUT2D eigenvalue weighted by atomic mass is 16.3. The summed E-state index contributed by atoms with van der Waals surface area (Å²) in [6.07, 6.45) is 0. The van der Waals surface area contributed by atoms with E-state index in [4.69, 9.17) is 4.42 Å². The molecule has 4 heteroatoms. The third kappa shape index (κ3) is 4.92. The Hall–Kier alpha value is -7.04. The second kappa shape index (κ2) is 12.4. The molecule has 52 heavy (non-hydrogen) atoms. The predicted molar refractivity (Wildman–Crippen MR) is 217 cm³/mol. The van der Waals surface area contributed by atoms with Gasteiger partial charge in [-0.2, -0.15) is 0 Å². The van der Waals surface area contributed by atoms with Crippen LogP contribution in [0.25, 0.3) is 49.4 Å². The van der Waals surface area contributed by atoms with Crippen molar-refractivity contribution in [3.05, 3.63) is 200 Å². The summed E-state index contributed by atoms with van der Waals surface area (Å²) in [6.45, 7) is 0. The number of fused-ring (bicyclic) bond motifs is 2. The average Bonchev–Trinajstić information content (AvgIpc) is 3.47. The maximum Gasteiger partial charge on any atom is 0.137 e. The molecule has 0 amide bonds. The largest absolute Gasteiger partial charge is 0.456 e. The smallest absolute Gasteiger partial charge is 0.137 e. The summed E-state index contributed by atoms with van der Waals surface area (Å²) in [5.74, 6) is 0. The standard InChI is InChI=1S/C48H33N3O/c1-5-17-34(18-6-1)49(35-19-7-2-8-20-35)38-31-39(50(36-21-9-3-10-22-36)37-23-11-4-12-24-37)33-40(32-38)51-43-27-15-26-42-41-25-13-14-29-45(41)52-46-30-16-28-44(51)48(46)47(42)43/h1-33H. The van der Waals surface area contributed by atoms with Crippen molar-refractivity contribution in [1.29, 1.82) is 0 Å². The molecule has 8 aromatic carbocycles. The molecule has 2 heterocycles. The van der Waals surface area contributed by atoms with E-state index in [0.29, 0.717) is 0 Å². The summed E-state index contributed by atoms with van der Waals surface area (Å²) >= 11 is 0. The number of nitrogens with zero attached hydrogens (tertiary/aromatic N) is 3. The van der Waals surface area contributed by atoms with Crippen LogP contribution in [0.15, 0.2) is 205 Å². The quantitative estimate of drug-likeness (QED) is 0.169. The summed E-state index contributed by atoms with van der Waals surface area (Å²) in [7, 11) is 0. The molecule has 10 aromatic rings. The molecule has 0 aliphatic rings. The van der Waals surface area contributed by atoms with E-state index in [-0.39, 0.29) is 0 Å². The van der Waals surface area contributed by atoms with Crippen LogP contribution in [0.1, 0.15) is 0 Å². The van der Waals surface area contributed by atoms with Crippen molar-refractivity contribution in [2.45, 2.75) is 0 Å². The first-order valence-corrected chi connectivity index (χ1v) is 17.6. The lowest BCUT2D eigenvalue weighted by Gasteiger charge is -2.30. The van der Waals surface area contributed by atoms with Gasteiger partial charge in [0.05, 0.1) is 33.5 Å². The van der Waals surface area contributed by atoms with E-state index in [1.807, 2.05) is 6.07 Å². The van der Waals surface area contributed by atoms with Gasteiger partial charge in [-0.1, -0.05) is 109 Å². The highest BCUT2D eigenvalue weighted by Crippen LogP contribution is 2.45. The molecule has 0 aliphatic carbocycles. The molecule has 0 unspecified atom stereocenters. The number of hydrogen-bond acceptors (Lipinski definition) is 3. The van der Waals surface area contributed by atoms with Crippen LogP contribution in [0.3, 0.4) is 0 Å². The fraction of sp³-hybridized carbons (Fsp3) is 0. The fourth-order valence-electron chi connectivity index (χ4n) is 7.73. The number of hydrogen-bond donors (Lipinski definition) is 0. The Balaban J connectivity index is 1.33. The van der Waals surface area contributed by atoms with Crippen LogP contribution in [0.2, 0.25) is 0 Å². The molecule has 0 saturated carbocycles. The topological polar surface area (TPSA) is 24.6 Å². The van der Waals surface area contributed by atoms with Gasteiger partial charge in [-0.05, 0) is 96.4 Å². The van der Waals surface area contributed by atoms with Crippen molar-refractivity contribution in [3.63, 3.8) is 0 Å². The van der Waals surface area contributed by atoms with E-state index in [1.54, 1.807) is 0 Å². The Morgan fingerprint density at radius 1 is 0.327 bits per heavy atom. The van der Waals surface area contributed by atoms with Crippen LogP contribution in [0, 0.1) is 0 Å². The molecule has 10 rings (SSSR count). The lowest BCUT2D eigenvalue weighted by Crippen LogP contribution is -2.14. The molecule has 0 atom stereocenters. The van der Waals surface area contributed by atoms with Crippen LogP contribution in [-0.4, -0.2) is 4.57 Å².